The van der Waals surface area contributed by atoms with Crippen LogP contribution in [0.15, 0.2) is 24.3 Å². The Labute approximate surface area is 101 Å². The largest absolute Gasteiger partial charge is 0.508 e. The highest BCUT2D eigenvalue weighted by Crippen LogP contribution is 2.16. The van der Waals surface area contributed by atoms with Crippen molar-refractivity contribution >= 4 is 5.91 Å². The number of amides is 1. The van der Waals surface area contributed by atoms with Gasteiger partial charge in [-0.2, -0.15) is 0 Å². The molecule has 0 spiro atoms. The zero-order chi connectivity index (χ0) is 12.9. The summed E-state index contributed by atoms with van der Waals surface area (Å²) in [4.78, 5) is 11.9. The molecule has 0 radical (unpaired) electrons. The molecule has 1 aromatic rings. The number of hydrogen-bond donors (Lipinski definition) is 3. The third-order valence-corrected chi connectivity index (χ3v) is 2.99. The first-order valence-electron chi connectivity index (χ1n) is 5.73. The van der Waals surface area contributed by atoms with Crippen molar-refractivity contribution in [3.05, 3.63) is 29.8 Å². The van der Waals surface area contributed by atoms with Gasteiger partial charge in [-0.1, -0.05) is 6.92 Å². The molecule has 94 valence electrons. The lowest BCUT2D eigenvalue weighted by molar-refractivity contribution is 0.0886. The summed E-state index contributed by atoms with van der Waals surface area (Å²) < 4.78 is 0. The Bertz CT molecular complexity index is 375. The Morgan fingerprint density at radius 3 is 2.41 bits per heavy atom. The number of carbonyl (C=O) groups excluding carboxylic acids is 1. The van der Waals surface area contributed by atoms with Gasteiger partial charge in [-0.25, -0.2) is 0 Å². The van der Waals surface area contributed by atoms with Crippen LogP contribution in [0.2, 0.25) is 0 Å². The summed E-state index contributed by atoms with van der Waals surface area (Å²) in [5.74, 6) is -0.0574. The topological polar surface area (TPSA) is 69.6 Å². The number of aliphatic hydroxyl groups excluding tert-OH is 1. The zero-order valence-corrected chi connectivity index (χ0v) is 10.2. The first-order valence-corrected chi connectivity index (χ1v) is 5.73. The van der Waals surface area contributed by atoms with E-state index in [4.69, 9.17) is 10.2 Å². The fourth-order valence-corrected chi connectivity index (χ4v) is 1.53. The van der Waals surface area contributed by atoms with Crippen LogP contribution in [-0.2, 0) is 0 Å². The lowest BCUT2D eigenvalue weighted by atomic mass is 9.94. The smallest absolute Gasteiger partial charge is 0.251 e. The fourth-order valence-electron chi connectivity index (χ4n) is 1.53. The molecule has 0 aromatic heterocycles. The van der Waals surface area contributed by atoms with Crippen LogP contribution in [0, 0.1) is 0 Å². The summed E-state index contributed by atoms with van der Waals surface area (Å²) in [5.41, 5.74) is 0.101. The highest BCUT2D eigenvalue weighted by Gasteiger charge is 2.24. The van der Waals surface area contributed by atoms with Crippen molar-refractivity contribution < 1.29 is 15.0 Å². The molecule has 1 rings (SSSR count). The van der Waals surface area contributed by atoms with Crippen molar-refractivity contribution in [2.75, 3.05) is 6.61 Å². The van der Waals surface area contributed by atoms with Crippen LogP contribution in [0.1, 0.15) is 37.0 Å². The second-order valence-electron chi connectivity index (χ2n) is 4.39. The van der Waals surface area contributed by atoms with Crippen LogP contribution in [-0.4, -0.2) is 28.3 Å². The highest BCUT2D eigenvalue weighted by molar-refractivity contribution is 5.94. The predicted molar refractivity (Wildman–Crippen MR) is 66.0 cm³/mol. The van der Waals surface area contributed by atoms with Crippen molar-refractivity contribution in [1.82, 2.24) is 5.32 Å². The summed E-state index contributed by atoms with van der Waals surface area (Å²) >= 11 is 0. The van der Waals surface area contributed by atoms with Gasteiger partial charge in [-0.05, 0) is 44.0 Å². The summed E-state index contributed by atoms with van der Waals surface area (Å²) in [7, 11) is 0. The van der Waals surface area contributed by atoms with E-state index in [1.165, 1.54) is 12.1 Å². The second-order valence-corrected chi connectivity index (χ2v) is 4.39. The molecule has 3 N–H and O–H groups in total. The average molecular weight is 237 g/mol. The Morgan fingerprint density at radius 1 is 1.35 bits per heavy atom. The van der Waals surface area contributed by atoms with Gasteiger partial charge in [0, 0.05) is 17.7 Å². The monoisotopic (exact) mass is 237 g/mol. The quantitative estimate of drug-likeness (QED) is 0.729. The van der Waals surface area contributed by atoms with Crippen LogP contribution in [0.3, 0.4) is 0 Å². The van der Waals surface area contributed by atoms with E-state index in [2.05, 4.69) is 5.32 Å². The second kappa shape index (κ2) is 5.68. The maximum absolute atomic E-state index is 11.9. The van der Waals surface area contributed by atoms with Gasteiger partial charge in [0.2, 0.25) is 0 Å². The molecule has 0 heterocycles. The van der Waals surface area contributed by atoms with E-state index in [0.717, 1.165) is 6.42 Å². The van der Waals surface area contributed by atoms with Crippen LogP contribution < -0.4 is 5.32 Å². The van der Waals surface area contributed by atoms with E-state index in [9.17, 15) is 4.79 Å². The molecule has 0 aliphatic carbocycles. The van der Waals surface area contributed by atoms with Crippen molar-refractivity contribution in [2.45, 2.75) is 32.2 Å². The van der Waals surface area contributed by atoms with Crippen molar-refractivity contribution in [2.24, 2.45) is 0 Å². The molecule has 0 aliphatic rings. The Morgan fingerprint density at radius 2 is 1.94 bits per heavy atom. The summed E-state index contributed by atoms with van der Waals surface area (Å²) in [6.07, 6.45) is 1.27. The summed E-state index contributed by atoms with van der Waals surface area (Å²) in [5, 5.41) is 21.0. The molecular weight excluding hydrogens is 218 g/mol. The zero-order valence-electron chi connectivity index (χ0n) is 10.2. The van der Waals surface area contributed by atoms with Crippen LogP contribution in [0.25, 0.3) is 0 Å². The Balaban J connectivity index is 2.74. The molecule has 17 heavy (non-hydrogen) atoms. The third kappa shape index (κ3) is 3.75. The molecule has 1 atom stereocenters. The van der Waals surface area contributed by atoms with E-state index in [0.29, 0.717) is 12.0 Å². The number of phenolic OH excluding ortho intramolecular Hbond substituents is 1. The number of hydrogen-bond acceptors (Lipinski definition) is 3. The number of rotatable bonds is 5. The molecule has 0 bridgehead atoms. The maximum atomic E-state index is 11.9. The van der Waals surface area contributed by atoms with Gasteiger partial charge >= 0.3 is 0 Å². The Hall–Kier alpha value is -1.55. The van der Waals surface area contributed by atoms with Gasteiger partial charge in [0.25, 0.3) is 5.91 Å². The number of benzene rings is 1. The molecular formula is C13H19NO3. The van der Waals surface area contributed by atoms with Crippen LogP contribution >= 0.6 is 0 Å². The lowest BCUT2D eigenvalue weighted by Crippen LogP contribution is -2.46. The van der Waals surface area contributed by atoms with Gasteiger partial charge in [0.15, 0.2) is 0 Å². The van der Waals surface area contributed by atoms with E-state index >= 15 is 0 Å². The molecule has 4 heteroatoms. The summed E-state index contributed by atoms with van der Waals surface area (Å²) in [6, 6.07) is 6.09. The van der Waals surface area contributed by atoms with E-state index in [1.54, 1.807) is 12.1 Å². The van der Waals surface area contributed by atoms with Crippen LogP contribution in [0.4, 0.5) is 0 Å². The normalized spacial score (nSPS) is 14.1. The van der Waals surface area contributed by atoms with Gasteiger partial charge in [-0.3, -0.25) is 4.79 Å². The third-order valence-electron chi connectivity index (χ3n) is 2.99. The van der Waals surface area contributed by atoms with E-state index < -0.39 is 5.54 Å². The van der Waals surface area contributed by atoms with Gasteiger partial charge in [0.05, 0.1) is 0 Å². The fraction of sp³-hybridized carbons (Fsp3) is 0.462. The van der Waals surface area contributed by atoms with E-state index in [1.807, 2.05) is 13.8 Å². The minimum Gasteiger partial charge on any atom is -0.508 e. The molecule has 0 saturated heterocycles. The molecule has 1 amide bonds. The standard InChI is InChI=1S/C13H19NO3/c1-3-13(2,8-9-15)14-12(17)10-4-6-11(16)7-5-10/h4-7,15-16H,3,8-9H2,1-2H3,(H,14,17). The molecule has 0 aliphatic heterocycles. The minimum atomic E-state index is -0.399. The number of nitrogens with one attached hydrogen (secondary N) is 1. The van der Waals surface area contributed by atoms with Crippen molar-refractivity contribution in [1.29, 1.82) is 0 Å². The molecule has 0 fully saturated rings. The SMILES string of the molecule is CCC(C)(CCO)NC(=O)c1ccc(O)cc1. The van der Waals surface area contributed by atoms with Gasteiger partial charge in [0.1, 0.15) is 5.75 Å². The Kier molecular flexibility index (Phi) is 4.52. The number of phenols is 1. The molecule has 0 saturated carbocycles. The predicted octanol–water partition coefficient (Wildman–Crippen LogP) is 1.67. The average Bonchev–Trinajstić information content (AvgIpc) is 2.30. The number of aliphatic hydroxyl groups is 1. The first-order chi connectivity index (χ1) is 8.00. The number of carbonyl (C=O) groups is 1. The molecule has 1 unspecified atom stereocenters. The lowest BCUT2D eigenvalue weighted by Gasteiger charge is -2.29. The minimum absolute atomic E-state index is 0.0419. The van der Waals surface area contributed by atoms with Gasteiger partial charge < -0.3 is 15.5 Å². The van der Waals surface area contributed by atoms with Crippen molar-refractivity contribution in [3.8, 4) is 5.75 Å². The van der Waals surface area contributed by atoms with Gasteiger partial charge in [-0.15, -0.1) is 0 Å². The summed E-state index contributed by atoms with van der Waals surface area (Å²) in [6.45, 7) is 3.91. The maximum Gasteiger partial charge on any atom is 0.251 e. The molecule has 4 nitrogen and oxygen atoms in total. The van der Waals surface area contributed by atoms with E-state index in [-0.39, 0.29) is 18.3 Å². The first kappa shape index (κ1) is 13.5. The molecule has 1 aromatic carbocycles. The van der Waals surface area contributed by atoms with Crippen LogP contribution in [0.5, 0.6) is 5.75 Å². The van der Waals surface area contributed by atoms with Crippen molar-refractivity contribution in [3.63, 3.8) is 0 Å². The number of aromatic hydroxyl groups is 1. The highest BCUT2D eigenvalue weighted by atomic mass is 16.3.